The number of anilines is 1. The van der Waals surface area contributed by atoms with Crippen molar-refractivity contribution in [1.82, 2.24) is 14.8 Å². The molecule has 4 aromatic rings. The number of thiazole rings is 1. The van der Waals surface area contributed by atoms with E-state index in [9.17, 15) is 4.79 Å². The van der Waals surface area contributed by atoms with E-state index in [0.29, 0.717) is 6.42 Å². The smallest absolute Gasteiger partial charge is 0.229 e. The molecule has 1 amide bonds. The summed E-state index contributed by atoms with van der Waals surface area (Å²) in [6, 6.07) is 16.1. The number of rotatable bonds is 4. The van der Waals surface area contributed by atoms with E-state index >= 15 is 0 Å². The van der Waals surface area contributed by atoms with Crippen molar-refractivity contribution in [2.75, 3.05) is 5.32 Å². The molecule has 0 unspecified atom stereocenters. The number of benzene rings is 2. The third-order valence-corrected chi connectivity index (χ3v) is 6.13. The number of carbonyl (C=O) groups excluding carboxylic acids is 1. The summed E-state index contributed by atoms with van der Waals surface area (Å²) in [6.07, 6.45) is 3.33. The van der Waals surface area contributed by atoms with Gasteiger partial charge in [-0.3, -0.25) is 4.79 Å². The summed E-state index contributed by atoms with van der Waals surface area (Å²) in [5.41, 5.74) is 5.37. The maximum atomic E-state index is 12.8. The molecule has 28 heavy (non-hydrogen) atoms. The Balaban J connectivity index is 1.48. The summed E-state index contributed by atoms with van der Waals surface area (Å²) in [5, 5.41) is 8.70. The molecule has 0 saturated carbocycles. The Bertz CT molecular complexity index is 1140. The van der Waals surface area contributed by atoms with Crippen molar-refractivity contribution in [3.63, 3.8) is 0 Å². The van der Waals surface area contributed by atoms with Crippen LogP contribution < -0.4 is 5.32 Å². The van der Waals surface area contributed by atoms with Crippen molar-refractivity contribution in [2.24, 2.45) is 0 Å². The van der Waals surface area contributed by atoms with Crippen LogP contribution in [0, 0.1) is 6.92 Å². The summed E-state index contributed by atoms with van der Waals surface area (Å²) in [5.74, 6) is 0.754. The van der Waals surface area contributed by atoms with Crippen LogP contribution in [0.2, 0.25) is 0 Å². The van der Waals surface area contributed by atoms with E-state index in [0.717, 1.165) is 57.2 Å². The normalized spacial score (nSPS) is 13.0. The fourth-order valence-electron chi connectivity index (χ4n) is 3.68. The fraction of sp³-hybridized carbons (Fsp3) is 0.227. The molecule has 0 radical (unpaired) electrons. The van der Waals surface area contributed by atoms with E-state index in [1.165, 1.54) is 5.56 Å². The van der Waals surface area contributed by atoms with Crippen LogP contribution in [0.15, 0.2) is 48.5 Å². The summed E-state index contributed by atoms with van der Waals surface area (Å²) in [6.45, 7) is 2.05. The molecule has 0 saturated heterocycles. The van der Waals surface area contributed by atoms with Gasteiger partial charge in [-0.15, -0.1) is 0 Å². The molecule has 1 N–H and O–H groups in total. The van der Waals surface area contributed by atoms with E-state index in [4.69, 9.17) is 10.1 Å². The van der Waals surface area contributed by atoms with Gasteiger partial charge in [-0.25, -0.2) is 4.98 Å². The van der Waals surface area contributed by atoms with Crippen LogP contribution >= 0.6 is 11.3 Å². The van der Waals surface area contributed by atoms with Crippen LogP contribution in [0.4, 0.5) is 5.82 Å². The minimum absolute atomic E-state index is 0.0270. The molecule has 140 valence electrons. The molecule has 2 aromatic heterocycles. The quantitative estimate of drug-likeness (QED) is 0.561. The number of fused-ring (bicyclic) bond motifs is 2. The Morgan fingerprint density at radius 3 is 2.79 bits per heavy atom. The monoisotopic (exact) mass is 388 g/mol. The number of nitrogens with one attached hydrogen (secondary N) is 1. The van der Waals surface area contributed by atoms with Gasteiger partial charge in [-0.1, -0.05) is 53.3 Å². The van der Waals surface area contributed by atoms with Gasteiger partial charge < -0.3 is 5.32 Å². The Labute approximate surface area is 167 Å². The number of aryl methyl sites for hydroxylation is 2. The Kier molecular flexibility index (Phi) is 4.20. The van der Waals surface area contributed by atoms with E-state index < -0.39 is 0 Å². The second-order valence-electron chi connectivity index (χ2n) is 7.21. The Morgan fingerprint density at radius 1 is 1.14 bits per heavy atom. The van der Waals surface area contributed by atoms with E-state index in [-0.39, 0.29) is 5.91 Å². The highest BCUT2D eigenvalue weighted by atomic mass is 32.1. The van der Waals surface area contributed by atoms with Crippen molar-refractivity contribution >= 4 is 33.3 Å². The van der Waals surface area contributed by atoms with Crippen LogP contribution in [0.3, 0.4) is 0 Å². The molecule has 0 spiro atoms. The van der Waals surface area contributed by atoms with Gasteiger partial charge in [-0.05, 0) is 43.9 Å². The summed E-state index contributed by atoms with van der Waals surface area (Å²) < 4.78 is 2.94. The van der Waals surface area contributed by atoms with Crippen LogP contribution in [0.25, 0.3) is 15.3 Å². The summed E-state index contributed by atoms with van der Waals surface area (Å²) in [4.78, 5) is 17.5. The van der Waals surface area contributed by atoms with E-state index in [1.54, 1.807) is 11.3 Å². The number of hydrogen-bond donors (Lipinski definition) is 1. The number of para-hydroxylation sites is 1. The van der Waals surface area contributed by atoms with Gasteiger partial charge in [-0.2, -0.15) is 9.78 Å². The highest BCUT2D eigenvalue weighted by molar-refractivity contribution is 7.20. The first-order valence-corrected chi connectivity index (χ1v) is 10.3. The van der Waals surface area contributed by atoms with Crippen molar-refractivity contribution < 1.29 is 4.79 Å². The van der Waals surface area contributed by atoms with Gasteiger partial charge in [0.15, 0.2) is 0 Å². The van der Waals surface area contributed by atoms with E-state index in [1.807, 2.05) is 54.1 Å². The average molecular weight is 388 g/mol. The summed E-state index contributed by atoms with van der Waals surface area (Å²) >= 11 is 1.59. The van der Waals surface area contributed by atoms with Gasteiger partial charge in [0, 0.05) is 5.56 Å². The zero-order chi connectivity index (χ0) is 19.1. The highest BCUT2D eigenvalue weighted by Crippen LogP contribution is 2.33. The van der Waals surface area contributed by atoms with Gasteiger partial charge in [0.2, 0.25) is 11.0 Å². The zero-order valence-corrected chi connectivity index (χ0v) is 16.4. The molecule has 2 aromatic carbocycles. The molecular weight excluding hydrogens is 368 g/mol. The molecule has 2 heterocycles. The molecule has 5 rings (SSSR count). The van der Waals surface area contributed by atoms with Crippen LogP contribution in [0.5, 0.6) is 0 Å². The van der Waals surface area contributed by atoms with Crippen LogP contribution in [-0.2, 0) is 24.1 Å². The lowest BCUT2D eigenvalue weighted by molar-refractivity contribution is -0.115. The lowest BCUT2D eigenvalue weighted by Crippen LogP contribution is -2.18. The second kappa shape index (κ2) is 6.87. The van der Waals surface area contributed by atoms with Crippen LogP contribution in [0.1, 0.15) is 28.8 Å². The van der Waals surface area contributed by atoms with Gasteiger partial charge in [0.25, 0.3) is 0 Å². The van der Waals surface area contributed by atoms with Gasteiger partial charge in [0.05, 0.1) is 22.3 Å². The van der Waals surface area contributed by atoms with Crippen molar-refractivity contribution in [1.29, 1.82) is 0 Å². The summed E-state index contributed by atoms with van der Waals surface area (Å²) in [7, 11) is 0. The number of hydrogen-bond acceptors (Lipinski definition) is 4. The first-order valence-electron chi connectivity index (χ1n) is 9.49. The molecule has 0 atom stereocenters. The van der Waals surface area contributed by atoms with Crippen LogP contribution in [-0.4, -0.2) is 20.7 Å². The molecule has 1 aliphatic rings. The number of aromatic nitrogens is 3. The molecule has 0 fully saturated rings. The largest absolute Gasteiger partial charge is 0.310 e. The number of carbonyl (C=O) groups is 1. The molecule has 0 aliphatic heterocycles. The molecule has 6 heteroatoms. The second-order valence-corrected chi connectivity index (χ2v) is 8.22. The lowest BCUT2D eigenvalue weighted by Gasteiger charge is -2.09. The zero-order valence-electron chi connectivity index (χ0n) is 15.6. The average Bonchev–Trinajstić information content (AvgIpc) is 3.38. The first-order chi connectivity index (χ1) is 13.7. The Hall–Kier alpha value is -2.99. The van der Waals surface area contributed by atoms with Crippen molar-refractivity contribution in [3.8, 4) is 5.13 Å². The molecule has 5 nitrogen and oxygen atoms in total. The highest BCUT2D eigenvalue weighted by Gasteiger charge is 2.25. The maximum absolute atomic E-state index is 12.8. The SMILES string of the molecule is Cc1ccc(CC(=O)Nc2c3c(nn2-c2nc4ccccc4s2)CCC3)cc1. The van der Waals surface area contributed by atoms with Gasteiger partial charge >= 0.3 is 0 Å². The fourth-order valence-corrected chi connectivity index (χ4v) is 4.60. The van der Waals surface area contributed by atoms with Crippen molar-refractivity contribution in [2.45, 2.75) is 32.6 Å². The molecule has 0 bridgehead atoms. The predicted molar refractivity (Wildman–Crippen MR) is 112 cm³/mol. The first kappa shape index (κ1) is 17.1. The number of nitrogens with zero attached hydrogens (tertiary/aromatic N) is 3. The molecular formula is C22H20N4OS. The maximum Gasteiger partial charge on any atom is 0.229 e. The minimum Gasteiger partial charge on any atom is -0.310 e. The van der Waals surface area contributed by atoms with Crippen molar-refractivity contribution in [3.05, 3.63) is 70.9 Å². The molecule has 1 aliphatic carbocycles. The lowest BCUT2D eigenvalue weighted by atomic mass is 10.1. The Morgan fingerprint density at radius 2 is 1.96 bits per heavy atom. The topological polar surface area (TPSA) is 59.8 Å². The third kappa shape index (κ3) is 3.10. The van der Waals surface area contributed by atoms with E-state index in [2.05, 4.69) is 11.4 Å². The minimum atomic E-state index is -0.0270. The predicted octanol–water partition coefficient (Wildman–Crippen LogP) is 4.46. The number of amides is 1. The third-order valence-electron chi connectivity index (χ3n) is 5.11. The standard InChI is InChI=1S/C22H20N4OS/c1-14-9-11-15(12-10-14)13-20(27)24-21-16-5-4-7-17(16)25-26(21)22-23-18-6-2-3-8-19(18)28-22/h2-3,6,8-12H,4-5,7,13H2,1H3,(H,24,27). The van der Waals surface area contributed by atoms with Gasteiger partial charge in [0.1, 0.15) is 5.82 Å².